The van der Waals surface area contributed by atoms with Crippen LogP contribution >= 0.6 is 0 Å². The molecule has 0 amide bonds. The minimum Gasteiger partial charge on any atom is -0.305 e. The largest absolute Gasteiger partial charge is 0.305 e. The molecule has 0 saturated carbocycles. The number of benzene rings is 3. The minimum atomic E-state index is -1.35. The van der Waals surface area contributed by atoms with Crippen molar-refractivity contribution in [2.45, 2.75) is 65.6 Å². The van der Waals surface area contributed by atoms with Crippen molar-refractivity contribution < 1.29 is 20.1 Å². The monoisotopic (exact) mass is 747 g/mol. The van der Waals surface area contributed by atoms with Crippen molar-refractivity contribution in [1.82, 2.24) is 9.97 Å². The van der Waals surface area contributed by atoms with Crippen LogP contribution in [-0.4, -0.2) is 18.0 Å². The maximum atomic E-state index is 4.69. The fourth-order valence-electron chi connectivity index (χ4n) is 4.93. The van der Waals surface area contributed by atoms with E-state index in [1.54, 1.807) is 0 Å². The average Bonchev–Trinajstić information content (AvgIpc) is 2.98. The Hall–Kier alpha value is -3.17. The Morgan fingerprint density at radius 1 is 0.738 bits per heavy atom. The first-order valence-corrected chi connectivity index (χ1v) is 17.9. The van der Waals surface area contributed by atoms with Crippen molar-refractivity contribution in [1.29, 1.82) is 0 Å². The molecule has 0 aliphatic rings. The predicted octanol–water partition coefficient (Wildman–Crippen LogP) is 9.40. The zero-order valence-corrected chi connectivity index (χ0v) is 29.5. The molecule has 5 rings (SSSR count). The van der Waals surface area contributed by atoms with Crippen LogP contribution in [0.15, 0.2) is 103 Å². The number of rotatable bonds is 6. The van der Waals surface area contributed by atoms with E-state index in [-0.39, 0.29) is 25.5 Å². The molecule has 42 heavy (non-hydrogen) atoms. The summed E-state index contributed by atoms with van der Waals surface area (Å²) in [5.41, 5.74) is 9.32. The van der Waals surface area contributed by atoms with Gasteiger partial charge in [0.25, 0.3) is 0 Å². The van der Waals surface area contributed by atoms with Crippen LogP contribution in [0, 0.1) is 19.1 Å². The van der Waals surface area contributed by atoms with Crippen molar-refractivity contribution in [3.63, 3.8) is 0 Å². The van der Waals surface area contributed by atoms with Crippen LogP contribution in [-0.2, 0) is 25.5 Å². The topological polar surface area (TPSA) is 25.8 Å². The Labute approximate surface area is 268 Å². The van der Waals surface area contributed by atoms with Crippen molar-refractivity contribution >= 4 is 13.3 Å². The average molecular weight is 747 g/mol. The van der Waals surface area contributed by atoms with E-state index in [0.29, 0.717) is 5.92 Å². The number of pyridine rings is 2. The number of aryl methyl sites for hydroxylation is 1. The Kier molecular flexibility index (Phi) is 11.4. The molecule has 0 fully saturated rings. The first-order chi connectivity index (χ1) is 19.5. The van der Waals surface area contributed by atoms with Gasteiger partial charge in [0, 0.05) is 37.9 Å². The zero-order valence-electron chi connectivity index (χ0n) is 26.1. The molecule has 5 aromatic rings. The summed E-state index contributed by atoms with van der Waals surface area (Å²) in [6, 6.07) is 37.9. The van der Waals surface area contributed by atoms with Crippen molar-refractivity contribution in [3.8, 4) is 22.5 Å². The summed E-state index contributed by atoms with van der Waals surface area (Å²) in [5.74, 6) is 0.531. The summed E-state index contributed by atoms with van der Waals surface area (Å²) in [6.07, 6.45) is 3.99. The van der Waals surface area contributed by atoms with Gasteiger partial charge in [-0.2, -0.15) is 0 Å². The van der Waals surface area contributed by atoms with E-state index in [9.17, 15) is 0 Å². The van der Waals surface area contributed by atoms with E-state index >= 15 is 0 Å². The SMILES string of the molecule is CC(C)(c1ccccc1)c1ccnc(-c2[c-]cccc2)c1.Cc1c[c-]c(-c2cc(C(C)C)c([Si](C)(C)C)cn2)cc1.[Ir]. The van der Waals surface area contributed by atoms with Crippen LogP contribution < -0.4 is 5.19 Å². The molecule has 2 nitrogen and oxygen atoms in total. The Morgan fingerprint density at radius 3 is 2.00 bits per heavy atom. The summed E-state index contributed by atoms with van der Waals surface area (Å²) in [5, 5.41) is 1.48. The number of aromatic nitrogens is 2. The van der Waals surface area contributed by atoms with E-state index in [1.165, 1.54) is 27.4 Å². The van der Waals surface area contributed by atoms with Gasteiger partial charge in [-0.25, -0.2) is 0 Å². The Morgan fingerprint density at radius 2 is 1.40 bits per heavy atom. The molecule has 0 N–H and O–H groups in total. The Balaban J connectivity index is 0.000000225. The number of hydrogen-bond acceptors (Lipinski definition) is 2. The predicted molar refractivity (Wildman–Crippen MR) is 177 cm³/mol. The first kappa shape index (κ1) is 33.3. The second-order valence-corrected chi connectivity index (χ2v) is 17.6. The number of hydrogen-bond donors (Lipinski definition) is 0. The van der Waals surface area contributed by atoms with E-state index in [4.69, 9.17) is 4.98 Å². The molecule has 0 unspecified atom stereocenters. The molecule has 4 heteroatoms. The van der Waals surface area contributed by atoms with Crippen molar-refractivity contribution in [3.05, 3.63) is 138 Å². The van der Waals surface area contributed by atoms with E-state index in [1.807, 2.05) is 36.5 Å². The standard InChI is InChI=1S/C20H18N.C18H24NSi.Ir/c1-20(2,17-11-7-4-8-12-17)18-13-14-21-19(15-18)16-9-5-3-6-10-16;1-13(2)16-11-17(15-9-7-14(3)8-10-15)19-12-18(16)20(4,5)6;/h3-9,11-15H,1-2H3;7-9,11-13H,1-6H3;/q2*-1;. The summed E-state index contributed by atoms with van der Waals surface area (Å²) in [4.78, 5) is 9.18. The van der Waals surface area contributed by atoms with Crippen LogP contribution in [0.5, 0.6) is 0 Å². The van der Waals surface area contributed by atoms with Gasteiger partial charge in [-0.15, -0.1) is 71.3 Å². The molecule has 0 saturated heterocycles. The van der Waals surface area contributed by atoms with Gasteiger partial charge >= 0.3 is 0 Å². The molecular weight excluding hydrogens is 705 g/mol. The van der Waals surface area contributed by atoms with Gasteiger partial charge < -0.3 is 9.97 Å². The van der Waals surface area contributed by atoms with Gasteiger partial charge in [0.05, 0.1) is 8.07 Å². The van der Waals surface area contributed by atoms with E-state index in [2.05, 4.69) is 138 Å². The maximum Gasteiger partial charge on any atom is 0.0799 e. The van der Waals surface area contributed by atoms with Crippen LogP contribution in [0.3, 0.4) is 0 Å². The molecule has 219 valence electrons. The normalized spacial score (nSPS) is 11.4. The second-order valence-electron chi connectivity index (χ2n) is 12.5. The van der Waals surface area contributed by atoms with E-state index < -0.39 is 8.07 Å². The summed E-state index contributed by atoms with van der Waals surface area (Å²) >= 11 is 0. The van der Waals surface area contributed by atoms with E-state index in [0.717, 1.165) is 22.5 Å². The maximum absolute atomic E-state index is 4.69. The summed E-state index contributed by atoms with van der Waals surface area (Å²) in [7, 11) is -1.35. The number of nitrogens with zero attached hydrogens (tertiary/aromatic N) is 2. The third-order valence-corrected chi connectivity index (χ3v) is 9.61. The molecule has 2 aromatic heterocycles. The van der Waals surface area contributed by atoms with Crippen LogP contribution in [0.25, 0.3) is 22.5 Å². The molecule has 3 aromatic carbocycles. The van der Waals surface area contributed by atoms with Crippen molar-refractivity contribution in [2.75, 3.05) is 0 Å². The smallest absolute Gasteiger partial charge is 0.0799 e. The van der Waals surface area contributed by atoms with Gasteiger partial charge in [-0.05, 0) is 39.7 Å². The fourth-order valence-corrected chi connectivity index (χ4v) is 6.60. The van der Waals surface area contributed by atoms with Crippen molar-refractivity contribution in [2.24, 2.45) is 0 Å². The zero-order chi connectivity index (χ0) is 29.6. The minimum absolute atomic E-state index is 0. The van der Waals surface area contributed by atoms with Gasteiger partial charge in [0.1, 0.15) is 0 Å². The van der Waals surface area contributed by atoms with Gasteiger partial charge in [-0.3, -0.25) is 0 Å². The first-order valence-electron chi connectivity index (χ1n) is 14.4. The molecule has 0 atom stereocenters. The third-order valence-electron chi connectivity index (χ3n) is 7.57. The molecular formula is C38H42IrN2Si-2. The Bertz CT molecular complexity index is 1560. The molecule has 0 bridgehead atoms. The summed E-state index contributed by atoms with van der Waals surface area (Å²) < 4.78 is 0. The van der Waals surface area contributed by atoms with Gasteiger partial charge in [-0.1, -0.05) is 102 Å². The van der Waals surface area contributed by atoms with Gasteiger partial charge in [0.2, 0.25) is 0 Å². The fraction of sp³-hybridized carbons (Fsp3) is 0.263. The van der Waals surface area contributed by atoms with Gasteiger partial charge in [0.15, 0.2) is 0 Å². The van der Waals surface area contributed by atoms with Crippen LogP contribution in [0.2, 0.25) is 19.6 Å². The molecule has 0 aliphatic heterocycles. The molecule has 2 heterocycles. The summed E-state index contributed by atoms with van der Waals surface area (Å²) in [6.45, 7) is 18.3. The molecule has 0 spiro atoms. The van der Waals surface area contributed by atoms with Crippen LogP contribution in [0.4, 0.5) is 0 Å². The third kappa shape index (κ3) is 8.22. The molecule has 0 aliphatic carbocycles. The molecule has 1 radical (unpaired) electrons. The quantitative estimate of drug-likeness (QED) is 0.128. The van der Waals surface area contributed by atoms with Crippen LogP contribution in [0.1, 0.15) is 55.9 Å². The second kappa shape index (κ2) is 14.3.